The van der Waals surface area contributed by atoms with Crippen LogP contribution in [0.2, 0.25) is 0 Å². The van der Waals surface area contributed by atoms with Gasteiger partial charge in [0.15, 0.2) is 0 Å². The second kappa shape index (κ2) is 5.01. The molecule has 1 heterocycles. The summed E-state index contributed by atoms with van der Waals surface area (Å²) in [4.78, 5) is 11.0. The summed E-state index contributed by atoms with van der Waals surface area (Å²) in [5.74, 6) is 0.770. The lowest BCUT2D eigenvalue weighted by Gasteiger charge is -2.10. The summed E-state index contributed by atoms with van der Waals surface area (Å²) >= 11 is 0. The molecule has 3 heteroatoms. The van der Waals surface area contributed by atoms with Gasteiger partial charge < -0.3 is 9.47 Å². The van der Waals surface area contributed by atoms with E-state index in [1.807, 2.05) is 24.3 Å². The first-order valence-corrected chi connectivity index (χ1v) is 5.72. The van der Waals surface area contributed by atoms with E-state index in [-0.39, 0.29) is 12.1 Å². The Balaban J connectivity index is 1.99. The molecule has 1 fully saturated rings. The summed E-state index contributed by atoms with van der Waals surface area (Å²) in [6, 6.07) is 7.79. The monoisotopic (exact) mass is 220 g/mol. The van der Waals surface area contributed by atoms with Crippen LogP contribution in [0, 0.1) is 0 Å². The highest BCUT2D eigenvalue weighted by Gasteiger charge is 2.24. The molecule has 86 valence electrons. The minimum absolute atomic E-state index is 0.0623. The lowest BCUT2D eigenvalue weighted by atomic mass is 10.1. The average molecular weight is 220 g/mol. The first-order chi connectivity index (χ1) is 7.79. The van der Waals surface area contributed by atoms with Crippen LogP contribution in [0.1, 0.15) is 37.9 Å². The topological polar surface area (TPSA) is 35.5 Å². The molecule has 0 N–H and O–H groups in total. The van der Waals surface area contributed by atoms with Crippen molar-refractivity contribution in [2.24, 2.45) is 0 Å². The van der Waals surface area contributed by atoms with Gasteiger partial charge in [-0.1, -0.05) is 19.1 Å². The van der Waals surface area contributed by atoms with Crippen molar-refractivity contribution in [3.05, 3.63) is 29.8 Å². The van der Waals surface area contributed by atoms with Gasteiger partial charge in [-0.3, -0.25) is 4.79 Å². The zero-order chi connectivity index (χ0) is 11.4. The van der Waals surface area contributed by atoms with Crippen molar-refractivity contribution in [3.8, 4) is 5.75 Å². The molecule has 1 aromatic carbocycles. The highest BCUT2D eigenvalue weighted by atomic mass is 16.5. The molecule has 0 amide bonds. The van der Waals surface area contributed by atoms with Crippen molar-refractivity contribution in [1.29, 1.82) is 0 Å². The summed E-state index contributed by atoms with van der Waals surface area (Å²) in [6.45, 7) is 2.81. The summed E-state index contributed by atoms with van der Waals surface area (Å²) in [7, 11) is 0. The van der Waals surface area contributed by atoms with Crippen LogP contribution in [0.25, 0.3) is 0 Å². The van der Waals surface area contributed by atoms with Crippen molar-refractivity contribution in [1.82, 2.24) is 0 Å². The predicted molar refractivity (Wildman–Crippen MR) is 60.3 cm³/mol. The Morgan fingerprint density at radius 3 is 2.69 bits per heavy atom. The van der Waals surface area contributed by atoms with Crippen LogP contribution in [0.5, 0.6) is 5.75 Å². The molecule has 0 bridgehead atoms. The van der Waals surface area contributed by atoms with Crippen LogP contribution in [0.3, 0.4) is 0 Å². The summed E-state index contributed by atoms with van der Waals surface area (Å²) in [6.07, 6.45) is 2.25. The van der Waals surface area contributed by atoms with Crippen LogP contribution in [-0.4, -0.2) is 12.6 Å². The number of hydrogen-bond donors (Lipinski definition) is 0. The van der Waals surface area contributed by atoms with Crippen LogP contribution >= 0.6 is 0 Å². The van der Waals surface area contributed by atoms with Gasteiger partial charge in [-0.2, -0.15) is 0 Å². The maximum Gasteiger partial charge on any atom is 0.306 e. The number of carbonyl (C=O) groups is 1. The number of hydrogen-bond acceptors (Lipinski definition) is 3. The van der Waals surface area contributed by atoms with E-state index in [1.165, 1.54) is 0 Å². The summed E-state index contributed by atoms with van der Waals surface area (Å²) in [5, 5.41) is 0. The van der Waals surface area contributed by atoms with Gasteiger partial charge in [-0.05, 0) is 30.5 Å². The first-order valence-electron chi connectivity index (χ1n) is 5.72. The Labute approximate surface area is 95.4 Å². The molecule has 1 aliphatic heterocycles. The van der Waals surface area contributed by atoms with Crippen molar-refractivity contribution < 1.29 is 14.3 Å². The number of ether oxygens (including phenoxy) is 2. The van der Waals surface area contributed by atoms with E-state index in [2.05, 4.69) is 6.92 Å². The average Bonchev–Trinajstić information content (AvgIpc) is 2.74. The number of benzene rings is 1. The Kier molecular flexibility index (Phi) is 3.44. The lowest BCUT2D eigenvalue weighted by Crippen LogP contribution is -1.99. The minimum atomic E-state index is -0.101. The Morgan fingerprint density at radius 1 is 1.38 bits per heavy atom. The Bertz CT molecular complexity index is 356. The molecule has 0 radical (unpaired) electrons. The van der Waals surface area contributed by atoms with E-state index >= 15 is 0 Å². The number of esters is 1. The zero-order valence-electron chi connectivity index (χ0n) is 9.44. The largest absolute Gasteiger partial charge is 0.494 e. The van der Waals surface area contributed by atoms with Gasteiger partial charge in [-0.25, -0.2) is 0 Å². The molecule has 1 atom stereocenters. The predicted octanol–water partition coefficient (Wildman–Crippen LogP) is 2.85. The van der Waals surface area contributed by atoms with Crippen LogP contribution in [-0.2, 0) is 9.53 Å². The molecule has 1 saturated heterocycles. The quantitative estimate of drug-likeness (QED) is 0.732. The van der Waals surface area contributed by atoms with Gasteiger partial charge in [0.2, 0.25) is 0 Å². The highest BCUT2D eigenvalue weighted by Crippen LogP contribution is 2.30. The maximum absolute atomic E-state index is 11.0. The molecule has 0 spiro atoms. The molecule has 1 aromatic rings. The van der Waals surface area contributed by atoms with E-state index in [4.69, 9.17) is 9.47 Å². The van der Waals surface area contributed by atoms with Gasteiger partial charge in [-0.15, -0.1) is 0 Å². The van der Waals surface area contributed by atoms with Crippen molar-refractivity contribution in [2.45, 2.75) is 32.3 Å². The van der Waals surface area contributed by atoms with Crippen LogP contribution in [0.15, 0.2) is 24.3 Å². The smallest absolute Gasteiger partial charge is 0.306 e. The van der Waals surface area contributed by atoms with Gasteiger partial charge in [0.25, 0.3) is 0 Å². The van der Waals surface area contributed by atoms with E-state index in [0.29, 0.717) is 6.42 Å². The molecule has 1 unspecified atom stereocenters. The fourth-order valence-electron chi connectivity index (χ4n) is 1.76. The number of carbonyl (C=O) groups excluding carboxylic acids is 1. The molecular formula is C13H16O3. The fourth-order valence-corrected chi connectivity index (χ4v) is 1.76. The minimum Gasteiger partial charge on any atom is -0.494 e. The normalized spacial score (nSPS) is 19.6. The molecule has 2 rings (SSSR count). The molecule has 1 aliphatic rings. The molecule has 0 aromatic heterocycles. The van der Waals surface area contributed by atoms with Crippen molar-refractivity contribution >= 4 is 5.97 Å². The highest BCUT2D eigenvalue weighted by molar-refractivity contribution is 5.71. The number of rotatable bonds is 4. The van der Waals surface area contributed by atoms with E-state index in [9.17, 15) is 4.79 Å². The first kappa shape index (κ1) is 11.0. The third kappa shape index (κ3) is 2.54. The molecule has 0 saturated carbocycles. The standard InChI is InChI=1S/C13H16O3/c1-2-9-15-11-5-3-10(4-6-11)12-7-8-13(14)16-12/h3-6,12H,2,7-9H2,1H3. The Morgan fingerprint density at radius 2 is 2.12 bits per heavy atom. The third-order valence-corrected chi connectivity index (χ3v) is 2.61. The summed E-state index contributed by atoms with van der Waals surface area (Å²) in [5.41, 5.74) is 1.05. The molecule has 0 aliphatic carbocycles. The molecule has 16 heavy (non-hydrogen) atoms. The second-order valence-corrected chi connectivity index (χ2v) is 3.93. The summed E-state index contributed by atoms with van der Waals surface area (Å²) < 4.78 is 10.7. The van der Waals surface area contributed by atoms with Gasteiger partial charge in [0, 0.05) is 6.42 Å². The molecule has 3 nitrogen and oxygen atoms in total. The van der Waals surface area contributed by atoms with Crippen LogP contribution in [0.4, 0.5) is 0 Å². The fraction of sp³-hybridized carbons (Fsp3) is 0.462. The Hall–Kier alpha value is -1.51. The zero-order valence-corrected chi connectivity index (χ0v) is 9.44. The lowest BCUT2D eigenvalue weighted by molar-refractivity contribution is -0.141. The van der Waals surface area contributed by atoms with E-state index in [0.717, 1.165) is 30.8 Å². The van der Waals surface area contributed by atoms with E-state index < -0.39 is 0 Å². The van der Waals surface area contributed by atoms with Gasteiger partial charge in [0.05, 0.1) is 6.61 Å². The number of cyclic esters (lactones) is 1. The van der Waals surface area contributed by atoms with Gasteiger partial charge in [0.1, 0.15) is 11.9 Å². The SMILES string of the molecule is CCCOc1ccc(C2CCC(=O)O2)cc1. The van der Waals surface area contributed by atoms with Crippen molar-refractivity contribution in [2.75, 3.05) is 6.61 Å². The van der Waals surface area contributed by atoms with Gasteiger partial charge >= 0.3 is 5.97 Å². The maximum atomic E-state index is 11.0. The van der Waals surface area contributed by atoms with E-state index in [1.54, 1.807) is 0 Å². The van der Waals surface area contributed by atoms with Crippen LogP contribution < -0.4 is 4.74 Å². The molecular weight excluding hydrogens is 204 g/mol. The van der Waals surface area contributed by atoms with Crippen molar-refractivity contribution in [3.63, 3.8) is 0 Å². The third-order valence-electron chi connectivity index (χ3n) is 2.61. The second-order valence-electron chi connectivity index (χ2n) is 3.93.